The molecule has 0 aromatic heterocycles. The van der Waals surface area contributed by atoms with Crippen LogP contribution in [0.2, 0.25) is 0 Å². The molecule has 0 aliphatic carbocycles. The Bertz CT molecular complexity index is 251. The maximum absolute atomic E-state index is 11.5. The first-order valence-corrected chi connectivity index (χ1v) is 4.50. The number of hydrogen-bond acceptors (Lipinski definition) is 3. The van der Waals surface area contributed by atoms with Gasteiger partial charge in [-0.25, -0.2) is 0 Å². The number of ether oxygens (including phenoxy) is 1. The summed E-state index contributed by atoms with van der Waals surface area (Å²) < 4.78 is 5.00. The lowest BCUT2D eigenvalue weighted by Crippen LogP contribution is -2.46. The molecular weight excluding hydrogens is 180 g/mol. The third-order valence-electron chi connectivity index (χ3n) is 2.05. The third kappa shape index (κ3) is 3.75. The van der Waals surface area contributed by atoms with Gasteiger partial charge < -0.3 is 10.1 Å². The highest BCUT2D eigenvalue weighted by Gasteiger charge is 2.28. The van der Waals surface area contributed by atoms with Gasteiger partial charge in [0.15, 0.2) is 0 Å². The Morgan fingerprint density at radius 3 is 2.29 bits per heavy atom. The van der Waals surface area contributed by atoms with E-state index in [1.165, 1.54) is 7.11 Å². The number of carbonyl (C=O) groups is 1. The summed E-state index contributed by atoms with van der Waals surface area (Å²) in [5, 5.41) is 11.4. The van der Waals surface area contributed by atoms with Gasteiger partial charge in [0.2, 0.25) is 0 Å². The van der Waals surface area contributed by atoms with Crippen LogP contribution in [0.15, 0.2) is 0 Å². The molecular formula is C10H18N2O2. The Kier molecular flexibility index (Phi) is 4.08. The molecule has 0 radical (unpaired) electrons. The van der Waals surface area contributed by atoms with Crippen molar-refractivity contribution in [2.45, 2.75) is 33.3 Å². The summed E-state index contributed by atoms with van der Waals surface area (Å²) in [6, 6.07) is 2.11. The van der Waals surface area contributed by atoms with Crippen molar-refractivity contribution in [2.75, 3.05) is 13.7 Å². The maximum atomic E-state index is 11.5. The lowest BCUT2D eigenvalue weighted by Gasteiger charge is -2.24. The van der Waals surface area contributed by atoms with Crippen molar-refractivity contribution >= 4 is 5.91 Å². The van der Waals surface area contributed by atoms with Crippen molar-refractivity contribution in [1.29, 1.82) is 5.26 Å². The second kappa shape index (κ2) is 4.43. The fourth-order valence-electron chi connectivity index (χ4n) is 0.646. The molecule has 0 aliphatic rings. The summed E-state index contributed by atoms with van der Waals surface area (Å²) >= 11 is 0. The van der Waals surface area contributed by atoms with E-state index in [2.05, 4.69) is 11.4 Å². The van der Waals surface area contributed by atoms with Gasteiger partial charge in [0.1, 0.15) is 5.60 Å². The van der Waals surface area contributed by atoms with Crippen LogP contribution in [0.3, 0.4) is 0 Å². The van der Waals surface area contributed by atoms with E-state index in [-0.39, 0.29) is 5.91 Å². The molecule has 0 atom stereocenters. The first kappa shape index (κ1) is 12.9. The van der Waals surface area contributed by atoms with Crippen molar-refractivity contribution in [1.82, 2.24) is 5.32 Å². The predicted molar refractivity (Wildman–Crippen MR) is 53.5 cm³/mol. The minimum Gasteiger partial charge on any atom is -0.369 e. The van der Waals surface area contributed by atoms with Crippen LogP contribution in [0.5, 0.6) is 0 Å². The van der Waals surface area contributed by atoms with Gasteiger partial charge in [-0.15, -0.1) is 0 Å². The molecule has 0 bridgehead atoms. The molecule has 0 heterocycles. The van der Waals surface area contributed by atoms with E-state index in [1.807, 2.05) is 0 Å². The van der Waals surface area contributed by atoms with Crippen molar-refractivity contribution in [3.05, 3.63) is 0 Å². The largest absolute Gasteiger partial charge is 0.369 e. The number of hydrogen-bond donors (Lipinski definition) is 1. The van der Waals surface area contributed by atoms with Gasteiger partial charge in [-0.3, -0.25) is 4.79 Å². The number of carbonyl (C=O) groups excluding carboxylic acids is 1. The molecule has 0 unspecified atom stereocenters. The molecule has 4 heteroatoms. The summed E-state index contributed by atoms with van der Waals surface area (Å²) in [6.07, 6.45) is 0. The van der Waals surface area contributed by atoms with Crippen LogP contribution in [0.4, 0.5) is 0 Å². The highest BCUT2D eigenvalue weighted by Crippen LogP contribution is 2.12. The van der Waals surface area contributed by atoms with E-state index in [1.54, 1.807) is 27.7 Å². The van der Waals surface area contributed by atoms with Crippen molar-refractivity contribution in [2.24, 2.45) is 5.41 Å². The topological polar surface area (TPSA) is 62.1 Å². The second-order valence-electron chi connectivity index (χ2n) is 4.39. The molecule has 0 aromatic carbocycles. The van der Waals surface area contributed by atoms with Crippen molar-refractivity contribution in [3.63, 3.8) is 0 Å². The third-order valence-corrected chi connectivity index (χ3v) is 2.05. The standard InChI is InChI=1S/C10H18N2O2/c1-9(2,6-11)7-12-8(13)10(3,4)14-5/h7H2,1-5H3,(H,12,13). The zero-order valence-corrected chi connectivity index (χ0v) is 9.47. The molecule has 1 amide bonds. The number of rotatable bonds is 4. The van der Waals surface area contributed by atoms with Crippen molar-refractivity contribution < 1.29 is 9.53 Å². The number of nitrogens with one attached hydrogen (secondary N) is 1. The van der Waals surface area contributed by atoms with Crippen LogP contribution in [-0.4, -0.2) is 25.2 Å². The first-order valence-electron chi connectivity index (χ1n) is 4.50. The highest BCUT2D eigenvalue weighted by atomic mass is 16.5. The van der Waals surface area contributed by atoms with Crippen LogP contribution in [-0.2, 0) is 9.53 Å². The van der Waals surface area contributed by atoms with Gasteiger partial charge in [0.05, 0.1) is 11.5 Å². The van der Waals surface area contributed by atoms with Gasteiger partial charge >= 0.3 is 0 Å². The Morgan fingerprint density at radius 2 is 1.93 bits per heavy atom. The average Bonchev–Trinajstić information content (AvgIpc) is 2.14. The Balaban J connectivity index is 4.19. The number of methoxy groups -OCH3 is 1. The van der Waals surface area contributed by atoms with Crippen molar-refractivity contribution in [3.8, 4) is 6.07 Å². The van der Waals surface area contributed by atoms with Crippen LogP contribution < -0.4 is 5.32 Å². The summed E-state index contributed by atoms with van der Waals surface area (Å²) in [5.41, 5.74) is -1.38. The molecule has 0 aromatic rings. The Hall–Kier alpha value is -1.08. The molecule has 0 fully saturated rings. The summed E-state index contributed by atoms with van der Waals surface area (Å²) in [4.78, 5) is 11.5. The van der Waals surface area contributed by atoms with Gasteiger partial charge in [-0.1, -0.05) is 0 Å². The number of nitrogens with zero attached hydrogens (tertiary/aromatic N) is 1. The average molecular weight is 198 g/mol. The smallest absolute Gasteiger partial charge is 0.251 e. The highest BCUT2D eigenvalue weighted by molar-refractivity contribution is 5.84. The van der Waals surface area contributed by atoms with Gasteiger partial charge in [0, 0.05) is 13.7 Å². The fourth-order valence-corrected chi connectivity index (χ4v) is 0.646. The second-order valence-corrected chi connectivity index (χ2v) is 4.39. The number of nitriles is 1. The summed E-state index contributed by atoms with van der Waals surface area (Å²) in [5.74, 6) is -0.205. The molecule has 4 nitrogen and oxygen atoms in total. The van der Waals surface area contributed by atoms with E-state index in [0.29, 0.717) is 6.54 Å². The SMILES string of the molecule is COC(C)(C)C(=O)NCC(C)(C)C#N. The Morgan fingerprint density at radius 1 is 1.43 bits per heavy atom. The minimum absolute atomic E-state index is 0.205. The van der Waals surface area contributed by atoms with E-state index in [4.69, 9.17) is 10.00 Å². The molecule has 0 rings (SSSR count). The molecule has 0 spiro atoms. The Labute approximate surface area is 85.2 Å². The summed E-state index contributed by atoms with van der Waals surface area (Å²) in [7, 11) is 1.48. The van der Waals surface area contributed by atoms with Gasteiger partial charge in [-0.05, 0) is 27.7 Å². The lowest BCUT2D eigenvalue weighted by molar-refractivity contribution is -0.139. The zero-order chi connectivity index (χ0) is 11.4. The van der Waals surface area contributed by atoms with Crippen LogP contribution >= 0.6 is 0 Å². The minimum atomic E-state index is -0.842. The van der Waals surface area contributed by atoms with Crippen LogP contribution in [0.1, 0.15) is 27.7 Å². The molecule has 1 N–H and O–H groups in total. The van der Waals surface area contributed by atoms with E-state index in [0.717, 1.165) is 0 Å². The quantitative estimate of drug-likeness (QED) is 0.735. The monoisotopic (exact) mass is 198 g/mol. The number of amides is 1. The van der Waals surface area contributed by atoms with E-state index >= 15 is 0 Å². The van der Waals surface area contributed by atoms with Crippen LogP contribution in [0, 0.1) is 16.7 Å². The lowest BCUT2D eigenvalue weighted by atomic mass is 9.95. The van der Waals surface area contributed by atoms with E-state index < -0.39 is 11.0 Å². The molecule has 0 saturated heterocycles. The van der Waals surface area contributed by atoms with Crippen LogP contribution in [0.25, 0.3) is 0 Å². The molecule has 0 aliphatic heterocycles. The summed E-state index contributed by atoms with van der Waals surface area (Å²) in [6.45, 7) is 7.23. The predicted octanol–water partition coefficient (Wildman–Crippen LogP) is 1.08. The van der Waals surface area contributed by atoms with Gasteiger partial charge in [-0.2, -0.15) is 5.26 Å². The molecule has 0 saturated carbocycles. The fraction of sp³-hybridized carbons (Fsp3) is 0.800. The normalized spacial score (nSPS) is 12.0. The van der Waals surface area contributed by atoms with E-state index in [9.17, 15) is 4.79 Å². The maximum Gasteiger partial charge on any atom is 0.251 e. The van der Waals surface area contributed by atoms with Gasteiger partial charge in [0.25, 0.3) is 5.91 Å². The molecule has 80 valence electrons. The molecule has 14 heavy (non-hydrogen) atoms. The first-order chi connectivity index (χ1) is 6.25. The zero-order valence-electron chi connectivity index (χ0n) is 9.47.